The predicted octanol–water partition coefficient (Wildman–Crippen LogP) is 23.9. The zero-order chi connectivity index (χ0) is 70.0. The predicted molar refractivity (Wildman–Crippen MR) is 460 cm³/mol. The van der Waals surface area contributed by atoms with Crippen LogP contribution in [0.25, 0.3) is 71.6 Å². The van der Waals surface area contributed by atoms with E-state index in [1.54, 1.807) is 0 Å². The van der Waals surface area contributed by atoms with Crippen molar-refractivity contribution in [3.05, 3.63) is 358 Å². The molecule has 0 N–H and O–H groups in total. The van der Waals surface area contributed by atoms with Crippen molar-refractivity contribution in [1.29, 1.82) is 0 Å². The van der Waals surface area contributed by atoms with Gasteiger partial charge in [0.05, 0.1) is 38.8 Å². The third-order valence-electron chi connectivity index (χ3n) is 22.4. The van der Waals surface area contributed by atoms with Crippen LogP contribution in [0.1, 0.15) is 0 Å². The molecule has 0 saturated heterocycles. The Labute approximate surface area is 631 Å². The summed E-state index contributed by atoms with van der Waals surface area (Å²) in [5.41, 5.74) is 25.6. The van der Waals surface area contributed by atoms with Crippen LogP contribution in [0.5, 0.6) is 11.5 Å². The molecule has 4 aliphatic heterocycles. The Hall–Kier alpha value is -12.9. The summed E-state index contributed by atoms with van der Waals surface area (Å²) in [6.07, 6.45) is 0. The summed E-state index contributed by atoms with van der Waals surface area (Å²) < 4.78 is 15.6. The van der Waals surface area contributed by atoms with Crippen molar-refractivity contribution >= 4 is 226 Å². The monoisotopic (exact) mass is 1420 g/mol. The maximum Gasteiger partial charge on any atom is 0.256 e. The second-order valence-electron chi connectivity index (χ2n) is 28.1. The highest BCUT2D eigenvalue weighted by atomic mass is 32.1. The molecule has 498 valence electrons. The van der Waals surface area contributed by atoms with Gasteiger partial charge in [-0.1, -0.05) is 224 Å². The number of rotatable bonds is 10. The molecule has 19 aromatic rings. The molecule has 6 nitrogen and oxygen atoms in total. The molecule has 16 aromatic carbocycles. The zero-order valence-electron chi connectivity index (χ0n) is 57.6. The molecular weight excluding hydrogens is 1360 g/mol. The number of nitrogens with zero attached hydrogens (tertiary/aromatic N) is 5. The van der Waals surface area contributed by atoms with Gasteiger partial charge < -0.3 is 29.2 Å². The lowest BCUT2D eigenvalue weighted by atomic mass is 9.30. The fourth-order valence-electron chi connectivity index (χ4n) is 18.1. The van der Waals surface area contributed by atoms with E-state index < -0.39 is 0 Å². The largest absolute Gasteiger partial charge is 0.458 e. The van der Waals surface area contributed by atoms with Crippen LogP contribution in [-0.2, 0) is 0 Å². The standard InChI is InChI=1S/C96H59B2N5OS3/c1-5-28-60(29-6-1)66-36-13-19-43-75(66)99(61-30-7-2-8-31-61)65-56-84-95-86(57-65)104-85-59-81-73(58-74(85)98(95)72-42-18-21-45-77(72)102(84)78-46-26-52-90-92(78)69-38-15-23-50-88(69)105-90)97-71-41-17-20-44-76(71)101(63-34-11-4-12-35-63)82-54-64(55-83(94(82)97)103(81)79-47-27-53-91-93(79)70-39-16-24-51-89(70)106-91)100(62-32-9-3-10-33-62)80-48-25-40-68-67-37-14-22-49-87(67)107-96(68)80/h1-59H. The molecular formula is C96H59B2N5OS3. The minimum atomic E-state index is -0.257. The highest BCUT2D eigenvalue weighted by Crippen LogP contribution is 2.56. The van der Waals surface area contributed by atoms with Crippen LogP contribution >= 0.6 is 34.0 Å². The lowest BCUT2D eigenvalue weighted by Crippen LogP contribution is -2.64. The van der Waals surface area contributed by atoms with Crippen LogP contribution < -0.4 is 62.0 Å². The molecule has 107 heavy (non-hydrogen) atoms. The molecule has 7 heterocycles. The number of benzene rings is 16. The average molecular weight is 1420 g/mol. The second kappa shape index (κ2) is 23.8. The van der Waals surface area contributed by atoms with E-state index in [1.807, 2.05) is 34.0 Å². The number of anilines is 15. The van der Waals surface area contributed by atoms with E-state index in [1.165, 1.54) is 82.4 Å². The molecule has 0 aliphatic carbocycles. The van der Waals surface area contributed by atoms with Gasteiger partial charge in [0.25, 0.3) is 13.4 Å². The van der Waals surface area contributed by atoms with Crippen molar-refractivity contribution in [3.8, 4) is 22.6 Å². The summed E-state index contributed by atoms with van der Waals surface area (Å²) in [6, 6.07) is 133. The molecule has 4 aliphatic rings. The Kier molecular flexibility index (Phi) is 13.5. The Bertz CT molecular complexity index is 6880. The highest BCUT2D eigenvalue weighted by Gasteiger charge is 2.49. The summed E-state index contributed by atoms with van der Waals surface area (Å²) in [5.74, 6) is 1.63. The van der Waals surface area contributed by atoms with E-state index in [0.29, 0.717) is 0 Å². The van der Waals surface area contributed by atoms with Crippen LogP contribution in [0, 0.1) is 0 Å². The number of fused-ring (bicyclic) bond motifs is 17. The fraction of sp³-hybridized carbons (Fsp3) is 0. The maximum atomic E-state index is 8.13. The van der Waals surface area contributed by atoms with Gasteiger partial charge in [0.15, 0.2) is 0 Å². The van der Waals surface area contributed by atoms with Crippen LogP contribution in [-0.4, -0.2) is 13.4 Å². The molecule has 11 heteroatoms. The third kappa shape index (κ3) is 9.12. The molecule has 0 spiro atoms. The van der Waals surface area contributed by atoms with E-state index in [-0.39, 0.29) is 13.4 Å². The third-order valence-corrected chi connectivity index (χ3v) is 25.9. The molecule has 23 rings (SSSR count). The lowest BCUT2D eigenvalue weighted by molar-refractivity contribution is 0.488. The van der Waals surface area contributed by atoms with E-state index in [9.17, 15) is 0 Å². The first-order valence-corrected chi connectivity index (χ1v) is 39.0. The molecule has 0 bridgehead atoms. The summed E-state index contributed by atoms with van der Waals surface area (Å²) in [7, 11) is 0. The van der Waals surface area contributed by atoms with Gasteiger partial charge in [0.1, 0.15) is 11.5 Å². The van der Waals surface area contributed by atoms with Crippen LogP contribution in [0.2, 0.25) is 0 Å². The number of ether oxygens (including phenoxy) is 1. The molecule has 0 saturated carbocycles. The SMILES string of the molecule is c1ccc(-c2ccccc2N(c2ccccc2)c2cc3c4c(c2)N(c2cccc5sc6ccccc6c25)c2ccccc2B4c2cc4c(cc2O3)N(c2cccc3sc5ccccc5c23)c2cc(N(c3ccccc3)c3cccc5c3sc3ccccc35)cc3c2B4c2ccccc2N3c2ccccc2)cc1. The summed E-state index contributed by atoms with van der Waals surface area (Å²) >= 11 is 5.58. The van der Waals surface area contributed by atoms with Crippen molar-refractivity contribution < 1.29 is 4.74 Å². The van der Waals surface area contributed by atoms with E-state index in [2.05, 4.69) is 382 Å². The van der Waals surface area contributed by atoms with E-state index >= 15 is 0 Å². The van der Waals surface area contributed by atoms with Gasteiger partial charge in [0, 0.05) is 125 Å². The molecule has 0 amide bonds. The first-order valence-electron chi connectivity index (χ1n) is 36.5. The molecule has 0 radical (unpaired) electrons. The number of para-hydroxylation sites is 6. The van der Waals surface area contributed by atoms with Crippen LogP contribution in [0.3, 0.4) is 0 Å². The van der Waals surface area contributed by atoms with Gasteiger partial charge in [-0.3, -0.25) is 0 Å². The normalized spacial score (nSPS) is 13.0. The smallest absolute Gasteiger partial charge is 0.256 e. The lowest BCUT2D eigenvalue weighted by Gasteiger charge is -2.46. The summed E-state index contributed by atoms with van der Waals surface area (Å²) in [6.45, 7) is -0.490. The quantitative estimate of drug-likeness (QED) is 0.127. The zero-order valence-corrected chi connectivity index (χ0v) is 60.0. The van der Waals surface area contributed by atoms with Crippen molar-refractivity contribution in [2.24, 2.45) is 0 Å². The van der Waals surface area contributed by atoms with Crippen molar-refractivity contribution in [2.75, 3.05) is 24.5 Å². The Balaban J connectivity index is 0.828. The van der Waals surface area contributed by atoms with Crippen molar-refractivity contribution in [3.63, 3.8) is 0 Å². The van der Waals surface area contributed by atoms with Crippen molar-refractivity contribution in [2.45, 2.75) is 0 Å². The van der Waals surface area contributed by atoms with E-state index in [4.69, 9.17) is 4.74 Å². The van der Waals surface area contributed by atoms with Crippen LogP contribution in [0.4, 0.5) is 85.3 Å². The minimum Gasteiger partial charge on any atom is -0.458 e. The first-order chi connectivity index (χ1) is 53.1. The Morgan fingerprint density at radius 3 is 1.36 bits per heavy atom. The Morgan fingerprint density at radius 1 is 0.262 bits per heavy atom. The minimum absolute atomic E-state index is 0.233. The van der Waals surface area contributed by atoms with Gasteiger partial charge in [-0.2, -0.15) is 0 Å². The number of hydrogen-bond donors (Lipinski definition) is 0. The molecule has 0 unspecified atom stereocenters. The Morgan fingerprint density at radius 2 is 0.710 bits per heavy atom. The second-order valence-corrected chi connectivity index (χ2v) is 31.3. The fourth-order valence-corrected chi connectivity index (χ4v) is 21.5. The molecule has 0 fully saturated rings. The number of hydrogen-bond acceptors (Lipinski definition) is 9. The van der Waals surface area contributed by atoms with Gasteiger partial charge in [0.2, 0.25) is 0 Å². The summed E-state index contributed by atoms with van der Waals surface area (Å²) in [5, 5.41) is 7.42. The highest BCUT2D eigenvalue weighted by molar-refractivity contribution is 7.27. The van der Waals surface area contributed by atoms with Crippen LogP contribution in [0.15, 0.2) is 358 Å². The van der Waals surface area contributed by atoms with Gasteiger partial charge in [-0.25, -0.2) is 0 Å². The van der Waals surface area contributed by atoms with Gasteiger partial charge >= 0.3 is 0 Å². The average Bonchev–Trinajstić information content (AvgIpc) is 1.19. The first kappa shape index (κ1) is 60.5. The van der Waals surface area contributed by atoms with Crippen molar-refractivity contribution in [1.82, 2.24) is 0 Å². The van der Waals surface area contributed by atoms with Gasteiger partial charge in [-0.05, 0) is 160 Å². The summed E-state index contributed by atoms with van der Waals surface area (Å²) in [4.78, 5) is 12.7. The van der Waals surface area contributed by atoms with E-state index in [0.717, 1.165) is 119 Å². The number of thiophene rings is 3. The molecule has 3 aromatic heterocycles. The maximum absolute atomic E-state index is 8.13. The topological polar surface area (TPSA) is 25.4 Å². The van der Waals surface area contributed by atoms with Gasteiger partial charge in [-0.15, -0.1) is 34.0 Å². The molecule has 0 atom stereocenters.